The SMILES string of the molecule is COc1ccc(OC)c(CCC(O)C(C)N)c1. The smallest absolute Gasteiger partial charge is 0.122 e. The van der Waals surface area contributed by atoms with Crippen LogP contribution in [0, 0.1) is 0 Å². The van der Waals surface area contributed by atoms with E-state index in [9.17, 15) is 5.11 Å². The van der Waals surface area contributed by atoms with Gasteiger partial charge in [0.05, 0.1) is 20.3 Å². The molecule has 0 aliphatic heterocycles. The molecule has 0 heterocycles. The fourth-order valence-corrected chi connectivity index (χ4v) is 1.64. The summed E-state index contributed by atoms with van der Waals surface area (Å²) in [4.78, 5) is 0. The van der Waals surface area contributed by atoms with Crippen LogP contribution in [0.25, 0.3) is 0 Å². The Morgan fingerprint density at radius 1 is 1.29 bits per heavy atom. The average Bonchev–Trinajstić information content (AvgIpc) is 2.35. The van der Waals surface area contributed by atoms with Crippen LogP contribution < -0.4 is 15.2 Å². The van der Waals surface area contributed by atoms with Crippen LogP contribution in [0.2, 0.25) is 0 Å². The van der Waals surface area contributed by atoms with Gasteiger partial charge in [0.2, 0.25) is 0 Å². The first-order valence-electron chi connectivity index (χ1n) is 5.73. The van der Waals surface area contributed by atoms with Crippen molar-refractivity contribution in [2.24, 2.45) is 5.73 Å². The maximum Gasteiger partial charge on any atom is 0.122 e. The molecule has 4 nitrogen and oxygen atoms in total. The van der Waals surface area contributed by atoms with E-state index in [1.54, 1.807) is 21.1 Å². The molecule has 0 saturated carbocycles. The number of aryl methyl sites for hydroxylation is 1. The quantitative estimate of drug-likeness (QED) is 0.786. The molecule has 0 aliphatic carbocycles. The summed E-state index contributed by atoms with van der Waals surface area (Å²) >= 11 is 0. The summed E-state index contributed by atoms with van der Waals surface area (Å²) in [6.07, 6.45) is 0.829. The number of ether oxygens (including phenoxy) is 2. The molecule has 0 fully saturated rings. The van der Waals surface area contributed by atoms with Gasteiger partial charge in [-0.2, -0.15) is 0 Å². The Labute approximate surface area is 102 Å². The minimum atomic E-state index is -0.495. The molecule has 2 unspecified atom stereocenters. The van der Waals surface area contributed by atoms with Gasteiger partial charge < -0.3 is 20.3 Å². The van der Waals surface area contributed by atoms with Crippen molar-refractivity contribution in [1.82, 2.24) is 0 Å². The third-order valence-corrected chi connectivity index (χ3v) is 2.80. The topological polar surface area (TPSA) is 64.7 Å². The lowest BCUT2D eigenvalue weighted by molar-refractivity contribution is 0.141. The molecular formula is C13H21NO3. The molecule has 1 rings (SSSR count). The molecule has 3 N–H and O–H groups in total. The Morgan fingerprint density at radius 3 is 2.53 bits per heavy atom. The van der Waals surface area contributed by atoms with E-state index >= 15 is 0 Å². The summed E-state index contributed by atoms with van der Waals surface area (Å²) in [5, 5.41) is 9.68. The highest BCUT2D eigenvalue weighted by Crippen LogP contribution is 2.25. The van der Waals surface area contributed by atoms with Crippen molar-refractivity contribution in [2.75, 3.05) is 14.2 Å². The average molecular weight is 239 g/mol. The van der Waals surface area contributed by atoms with Crippen LogP contribution in [0.1, 0.15) is 18.9 Å². The van der Waals surface area contributed by atoms with Crippen molar-refractivity contribution in [3.05, 3.63) is 23.8 Å². The second kappa shape index (κ2) is 6.47. The highest BCUT2D eigenvalue weighted by molar-refractivity contribution is 5.40. The minimum Gasteiger partial charge on any atom is -0.497 e. The molecule has 4 heteroatoms. The van der Waals surface area contributed by atoms with Crippen molar-refractivity contribution < 1.29 is 14.6 Å². The number of aliphatic hydroxyl groups excluding tert-OH is 1. The summed E-state index contributed by atoms with van der Waals surface area (Å²) in [5.41, 5.74) is 6.64. The molecular weight excluding hydrogens is 218 g/mol. The third kappa shape index (κ3) is 3.91. The summed E-state index contributed by atoms with van der Waals surface area (Å²) in [7, 11) is 3.26. The number of hydrogen-bond acceptors (Lipinski definition) is 4. The normalized spacial score (nSPS) is 14.2. The van der Waals surface area contributed by atoms with Crippen LogP contribution in [-0.2, 0) is 6.42 Å². The lowest BCUT2D eigenvalue weighted by Crippen LogP contribution is -2.31. The first-order valence-corrected chi connectivity index (χ1v) is 5.73. The maximum atomic E-state index is 9.68. The number of hydrogen-bond donors (Lipinski definition) is 2. The lowest BCUT2D eigenvalue weighted by Gasteiger charge is -2.15. The van der Waals surface area contributed by atoms with Crippen molar-refractivity contribution in [2.45, 2.75) is 31.9 Å². The summed E-state index contributed by atoms with van der Waals surface area (Å²) < 4.78 is 10.4. The van der Waals surface area contributed by atoms with Gasteiger partial charge in [-0.15, -0.1) is 0 Å². The number of methoxy groups -OCH3 is 2. The van der Waals surface area contributed by atoms with Crippen molar-refractivity contribution in [1.29, 1.82) is 0 Å². The standard InChI is InChI=1S/C13H21NO3/c1-9(14)12(15)6-4-10-8-11(16-2)5-7-13(10)17-3/h5,7-9,12,15H,4,6,14H2,1-3H3. The monoisotopic (exact) mass is 239 g/mol. The Morgan fingerprint density at radius 2 is 2.00 bits per heavy atom. The largest absolute Gasteiger partial charge is 0.497 e. The van der Waals surface area contributed by atoms with Gasteiger partial charge in [-0.05, 0) is 43.5 Å². The molecule has 0 bridgehead atoms. The first kappa shape index (κ1) is 13.8. The van der Waals surface area contributed by atoms with Gasteiger partial charge in [0.1, 0.15) is 11.5 Å². The second-order valence-electron chi connectivity index (χ2n) is 4.14. The van der Waals surface area contributed by atoms with Crippen molar-refractivity contribution in [3.63, 3.8) is 0 Å². The van der Waals surface area contributed by atoms with Gasteiger partial charge in [0, 0.05) is 6.04 Å². The molecule has 0 radical (unpaired) electrons. The molecule has 0 saturated heterocycles. The predicted octanol–water partition coefficient (Wildman–Crippen LogP) is 1.34. The van der Waals surface area contributed by atoms with Crippen LogP contribution in [-0.4, -0.2) is 31.5 Å². The van der Waals surface area contributed by atoms with E-state index in [0.29, 0.717) is 12.8 Å². The van der Waals surface area contributed by atoms with Crippen LogP contribution in [0.4, 0.5) is 0 Å². The molecule has 1 aromatic carbocycles. The zero-order valence-electron chi connectivity index (χ0n) is 10.6. The number of benzene rings is 1. The molecule has 0 spiro atoms. The zero-order chi connectivity index (χ0) is 12.8. The highest BCUT2D eigenvalue weighted by Gasteiger charge is 2.12. The van der Waals surface area contributed by atoms with Crippen molar-refractivity contribution >= 4 is 0 Å². The van der Waals surface area contributed by atoms with E-state index in [4.69, 9.17) is 15.2 Å². The lowest BCUT2D eigenvalue weighted by atomic mass is 10.0. The predicted molar refractivity (Wildman–Crippen MR) is 67.5 cm³/mol. The first-order chi connectivity index (χ1) is 8.08. The Kier molecular flexibility index (Phi) is 5.25. The Hall–Kier alpha value is -1.26. The van der Waals surface area contributed by atoms with Crippen LogP contribution in [0.3, 0.4) is 0 Å². The molecule has 1 aromatic rings. The third-order valence-electron chi connectivity index (χ3n) is 2.80. The Bertz CT molecular complexity index is 353. The maximum absolute atomic E-state index is 9.68. The summed E-state index contributed by atoms with van der Waals surface area (Å²) in [5.74, 6) is 1.60. The number of rotatable bonds is 6. The molecule has 0 aliphatic rings. The van der Waals surface area contributed by atoms with E-state index in [-0.39, 0.29) is 6.04 Å². The minimum absolute atomic E-state index is 0.216. The molecule has 0 amide bonds. The molecule has 2 atom stereocenters. The van der Waals surface area contributed by atoms with Crippen LogP contribution in [0.5, 0.6) is 11.5 Å². The highest BCUT2D eigenvalue weighted by atomic mass is 16.5. The molecule has 0 aromatic heterocycles. The number of aliphatic hydroxyl groups is 1. The van der Waals surface area contributed by atoms with E-state index in [2.05, 4.69) is 0 Å². The van der Waals surface area contributed by atoms with Crippen molar-refractivity contribution in [3.8, 4) is 11.5 Å². The fraction of sp³-hybridized carbons (Fsp3) is 0.538. The second-order valence-corrected chi connectivity index (χ2v) is 4.14. The van der Waals surface area contributed by atoms with E-state index in [1.807, 2.05) is 18.2 Å². The van der Waals surface area contributed by atoms with Gasteiger partial charge in [-0.25, -0.2) is 0 Å². The van der Waals surface area contributed by atoms with Gasteiger partial charge in [0.15, 0.2) is 0 Å². The van der Waals surface area contributed by atoms with Gasteiger partial charge in [-0.1, -0.05) is 0 Å². The fourth-order valence-electron chi connectivity index (χ4n) is 1.64. The van der Waals surface area contributed by atoms with Gasteiger partial charge in [-0.3, -0.25) is 0 Å². The van der Waals surface area contributed by atoms with E-state index in [0.717, 1.165) is 17.1 Å². The van der Waals surface area contributed by atoms with Crippen LogP contribution >= 0.6 is 0 Å². The van der Waals surface area contributed by atoms with Gasteiger partial charge >= 0.3 is 0 Å². The Balaban J connectivity index is 2.74. The molecule has 96 valence electrons. The zero-order valence-corrected chi connectivity index (χ0v) is 10.6. The van der Waals surface area contributed by atoms with E-state index in [1.165, 1.54) is 0 Å². The summed E-state index contributed by atoms with van der Waals surface area (Å²) in [6.45, 7) is 1.80. The van der Waals surface area contributed by atoms with E-state index < -0.39 is 6.10 Å². The number of nitrogens with two attached hydrogens (primary N) is 1. The summed E-state index contributed by atoms with van der Waals surface area (Å²) in [6, 6.07) is 5.43. The van der Waals surface area contributed by atoms with Gasteiger partial charge in [0.25, 0.3) is 0 Å². The van der Waals surface area contributed by atoms with Crippen LogP contribution in [0.15, 0.2) is 18.2 Å². The molecule has 17 heavy (non-hydrogen) atoms.